The molecule has 0 saturated carbocycles. The maximum atomic E-state index is 13.2. The summed E-state index contributed by atoms with van der Waals surface area (Å²) in [6.45, 7) is 7.51. The van der Waals surface area contributed by atoms with E-state index in [0.29, 0.717) is 38.9 Å². The minimum absolute atomic E-state index is 0.106. The summed E-state index contributed by atoms with van der Waals surface area (Å²) >= 11 is 0. The van der Waals surface area contributed by atoms with Crippen molar-refractivity contribution in [3.05, 3.63) is 0 Å². The molecule has 32 heavy (non-hydrogen) atoms. The number of ketones is 1. The predicted molar refractivity (Wildman–Crippen MR) is 115 cm³/mol. The highest BCUT2D eigenvalue weighted by Gasteiger charge is 2.37. The Bertz CT molecular complexity index is 550. The molecule has 2 unspecified atom stereocenters. The maximum Gasteiger partial charge on any atom is 0.316 e. The fraction of sp³-hybridized carbons (Fsp3) is 0.783. The van der Waals surface area contributed by atoms with E-state index < -0.39 is 29.6 Å². The average molecular weight is 459 g/mol. The normalized spacial score (nSPS) is 12.4. The third kappa shape index (κ3) is 12.4. The molecule has 0 spiro atoms. The zero-order chi connectivity index (χ0) is 24.4. The first-order chi connectivity index (χ1) is 15.3. The molecule has 0 N–H and O–H groups in total. The zero-order valence-corrected chi connectivity index (χ0v) is 19.8. The number of carbonyl (C=O) groups excluding carboxylic acids is 5. The highest BCUT2D eigenvalue weighted by atomic mass is 16.5. The van der Waals surface area contributed by atoms with Crippen molar-refractivity contribution in [2.24, 2.45) is 11.8 Å². The molecule has 0 fully saturated rings. The van der Waals surface area contributed by atoms with E-state index in [2.05, 4.69) is 0 Å². The fourth-order valence-corrected chi connectivity index (χ4v) is 3.18. The lowest BCUT2D eigenvalue weighted by atomic mass is 9.85. The first-order valence-electron chi connectivity index (χ1n) is 11.5. The Balaban J connectivity index is 5.12. The van der Waals surface area contributed by atoms with Gasteiger partial charge in [-0.1, -0.05) is 12.8 Å². The van der Waals surface area contributed by atoms with E-state index in [-0.39, 0.29) is 50.8 Å². The van der Waals surface area contributed by atoms with Gasteiger partial charge in [-0.15, -0.1) is 0 Å². The summed E-state index contributed by atoms with van der Waals surface area (Å²) in [7, 11) is 0. The van der Waals surface area contributed by atoms with E-state index in [1.165, 1.54) is 0 Å². The maximum absolute atomic E-state index is 13.2. The fourth-order valence-electron chi connectivity index (χ4n) is 3.18. The molecule has 0 amide bonds. The molecule has 9 heteroatoms. The van der Waals surface area contributed by atoms with Crippen LogP contribution in [0.5, 0.6) is 0 Å². The van der Waals surface area contributed by atoms with Crippen molar-refractivity contribution < 1.29 is 42.9 Å². The highest BCUT2D eigenvalue weighted by molar-refractivity contribution is 6.08. The average Bonchev–Trinajstić information content (AvgIpc) is 2.74. The molecule has 184 valence electrons. The van der Waals surface area contributed by atoms with Gasteiger partial charge >= 0.3 is 23.9 Å². The van der Waals surface area contributed by atoms with E-state index in [0.717, 1.165) is 0 Å². The Morgan fingerprint density at radius 2 is 0.875 bits per heavy atom. The monoisotopic (exact) mass is 458 g/mol. The Kier molecular flexibility index (Phi) is 16.8. The van der Waals surface area contributed by atoms with Gasteiger partial charge in [0.15, 0.2) is 5.78 Å². The molecule has 0 aliphatic rings. The number of esters is 4. The number of hydrogen-bond donors (Lipinski definition) is 0. The van der Waals surface area contributed by atoms with Gasteiger partial charge in [0.25, 0.3) is 0 Å². The second-order valence-electron chi connectivity index (χ2n) is 7.11. The molecule has 0 aliphatic heterocycles. The van der Waals surface area contributed by atoms with Gasteiger partial charge in [-0.05, 0) is 53.4 Å². The first kappa shape index (κ1) is 29.5. The highest BCUT2D eigenvalue weighted by Crippen LogP contribution is 2.23. The van der Waals surface area contributed by atoms with Gasteiger partial charge in [0, 0.05) is 12.8 Å². The zero-order valence-electron chi connectivity index (χ0n) is 19.8. The van der Waals surface area contributed by atoms with Gasteiger partial charge in [-0.3, -0.25) is 24.0 Å². The minimum atomic E-state index is -1.11. The number of carbonyl (C=O) groups is 5. The lowest BCUT2D eigenvalue weighted by Crippen LogP contribution is -2.36. The van der Waals surface area contributed by atoms with Gasteiger partial charge in [-0.25, -0.2) is 0 Å². The molecule has 0 heterocycles. The molecule has 0 aromatic heterocycles. The van der Waals surface area contributed by atoms with E-state index in [1.54, 1.807) is 27.7 Å². The van der Waals surface area contributed by atoms with Gasteiger partial charge in [0.1, 0.15) is 11.8 Å². The van der Waals surface area contributed by atoms with Crippen LogP contribution in [0.4, 0.5) is 0 Å². The first-order valence-corrected chi connectivity index (χ1v) is 11.5. The van der Waals surface area contributed by atoms with E-state index in [9.17, 15) is 24.0 Å². The number of Topliss-reactive ketones (excluding diaryl/α,β-unsaturated/α-hetero) is 1. The molecule has 0 aromatic rings. The summed E-state index contributed by atoms with van der Waals surface area (Å²) in [5, 5.41) is 0. The molecule has 0 bridgehead atoms. The Hall–Kier alpha value is -2.45. The molecule has 0 aromatic carbocycles. The molecule has 9 nitrogen and oxygen atoms in total. The number of ether oxygens (including phenoxy) is 4. The second kappa shape index (κ2) is 18.2. The van der Waals surface area contributed by atoms with Crippen LogP contribution in [-0.2, 0) is 42.9 Å². The summed E-state index contributed by atoms with van der Waals surface area (Å²) in [5.74, 6) is -4.82. The van der Waals surface area contributed by atoms with E-state index in [1.807, 2.05) is 0 Å². The summed E-state index contributed by atoms with van der Waals surface area (Å²) in [6, 6.07) is 0. The van der Waals surface area contributed by atoms with Gasteiger partial charge in [-0.2, -0.15) is 0 Å². The van der Waals surface area contributed by atoms with Gasteiger partial charge in [0.05, 0.1) is 26.4 Å². The quantitative estimate of drug-likeness (QED) is 0.132. The van der Waals surface area contributed by atoms with Crippen molar-refractivity contribution in [3.8, 4) is 0 Å². The minimum Gasteiger partial charge on any atom is -0.466 e. The van der Waals surface area contributed by atoms with Crippen LogP contribution >= 0.6 is 0 Å². The molecule has 0 rings (SSSR count). The molecular weight excluding hydrogens is 420 g/mol. The van der Waals surface area contributed by atoms with Crippen LogP contribution in [0.25, 0.3) is 0 Å². The standard InChI is InChI=1S/C23H38O9/c1-5-29-19(24)15-11-9-13-17(22(27)31-7-3)21(26)18(23(28)32-8-4)14-10-12-16-20(25)30-6-2/h17-18H,5-16H2,1-4H3. The molecule has 0 saturated heterocycles. The van der Waals surface area contributed by atoms with Crippen LogP contribution in [0.1, 0.15) is 79.1 Å². The summed E-state index contributed by atoms with van der Waals surface area (Å²) < 4.78 is 19.9. The van der Waals surface area contributed by atoms with Crippen LogP contribution < -0.4 is 0 Å². The van der Waals surface area contributed by atoms with Crippen molar-refractivity contribution in [3.63, 3.8) is 0 Å². The van der Waals surface area contributed by atoms with Crippen LogP contribution in [-0.4, -0.2) is 56.1 Å². The lowest BCUT2D eigenvalue weighted by molar-refractivity contribution is -0.158. The van der Waals surface area contributed by atoms with Crippen LogP contribution in [0, 0.1) is 11.8 Å². The van der Waals surface area contributed by atoms with Crippen molar-refractivity contribution in [1.82, 2.24) is 0 Å². The summed E-state index contributed by atoms with van der Waals surface area (Å²) in [6.07, 6.45) is 2.45. The Labute approximate surface area is 190 Å². The molecule has 0 aliphatic carbocycles. The third-order valence-corrected chi connectivity index (χ3v) is 4.69. The van der Waals surface area contributed by atoms with E-state index in [4.69, 9.17) is 18.9 Å². The van der Waals surface area contributed by atoms with Gasteiger partial charge < -0.3 is 18.9 Å². The second-order valence-corrected chi connectivity index (χ2v) is 7.11. The molecule has 2 atom stereocenters. The van der Waals surface area contributed by atoms with Crippen molar-refractivity contribution in [1.29, 1.82) is 0 Å². The van der Waals surface area contributed by atoms with Crippen molar-refractivity contribution in [2.45, 2.75) is 79.1 Å². The topological polar surface area (TPSA) is 122 Å². The van der Waals surface area contributed by atoms with Crippen molar-refractivity contribution in [2.75, 3.05) is 26.4 Å². The Morgan fingerprint density at radius 1 is 0.531 bits per heavy atom. The summed E-state index contributed by atoms with van der Waals surface area (Å²) in [4.78, 5) is 61.0. The third-order valence-electron chi connectivity index (χ3n) is 4.69. The summed E-state index contributed by atoms with van der Waals surface area (Å²) in [5.41, 5.74) is 0. The lowest BCUT2D eigenvalue weighted by Gasteiger charge is -2.20. The number of rotatable bonds is 18. The number of hydrogen-bond acceptors (Lipinski definition) is 9. The predicted octanol–water partition coefficient (Wildman–Crippen LogP) is 3.16. The number of unbranched alkanes of at least 4 members (excludes halogenated alkanes) is 2. The van der Waals surface area contributed by atoms with Crippen LogP contribution in [0.2, 0.25) is 0 Å². The van der Waals surface area contributed by atoms with Crippen molar-refractivity contribution >= 4 is 29.7 Å². The SMILES string of the molecule is CCOC(=O)CCCCC(C(=O)OCC)C(=O)C(CCCCC(=O)OCC)C(=O)OCC. The van der Waals surface area contributed by atoms with E-state index >= 15 is 0 Å². The Morgan fingerprint density at radius 3 is 1.19 bits per heavy atom. The van der Waals surface area contributed by atoms with Gasteiger partial charge in [0.2, 0.25) is 0 Å². The van der Waals surface area contributed by atoms with Crippen LogP contribution in [0.3, 0.4) is 0 Å². The molecular formula is C23H38O9. The smallest absolute Gasteiger partial charge is 0.316 e. The van der Waals surface area contributed by atoms with Crippen LogP contribution in [0.15, 0.2) is 0 Å². The molecule has 0 radical (unpaired) electrons. The largest absolute Gasteiger partial charge is 0.466 e.